The van der Waals surface area contributed by atoms with Gasteiger partial charge in [-0.15, -0.1) is 0 Å². The van der Waals surface area contributed by atoms with Crippen LogP contribution in [-0.4, -0.2) is 42.4 Å². The molecule has 106 valence electrons. The van der Waals surface area contributed by atoms with Gasteiger partial charge in [0.2, 0.25) is 5.95 Å². The second-order valence-corrected chi connectivity index (χ2v) is 4.85. The largest absolute Gasteiger partial charge is 0.396 e. The van der Waals surface area contributed by atoms with E-state index in [1.807, 2.05) is 0 Å². The van der Waals surface area contributed by atoms with Gasteiger partial charge in [-0.1, -0.05) is 12.2 Å². The minimum Gasteiger partial charge on any atom is -0.396 e. The van der Waals surface area contributed by atoms with Crippen molar-refractivity contribution in [2.24, 2.45) is 5.92 Å². The number of nitrogens with zero attached hydrogens (tertiary/aromatic N) is 3. The number of anilines is 1. The molecule has 5 N–H and O–H groups in total. The Morgan fingerprint density at radius 2 is 2.30 bits per heavy atom. The average Bonchev–Trinajstić information content (AvgIpc) is 2.87. The highest BCUT2D eigenvalue weighted by atomic mass is 16.3. The van der Waals surface area contributed by atoms with Crippen LogP contribution in [0.25, 0.3) is 11.2 Å². The van der Waals surface area contributed by atoms with Gasteiger partial charge >= 0.3 is 0 Å². The van der Waals surface area contributed by atoms with Gasteiger partial charge in [0.05, 0.1) is 25.1 Å². The third kappa shape index (κ3) is 1.89. The molecule has 2 aromatic rings. The summed E-state index contributed by atoms with van der Waals surface area (Å²) in [6.45, 7) is -0.132. The number of aromatic amines is 1. The monoisotopic (exact) mass is 277 g/mol. The maximum atomic E-state index is 12.4. The van der Waals surface area contributed by atoms with Crippen LogP contribution >= 0.6 is 0 Å². The molecule has 0 aromatic carbocycles. The molecule has 2 aromatic heterocycles. The summed E-state index contributed by atoms with van der Waals surface area (Å²) in [6.07, 6.45) is 4.42. The van der Waals surface area contributed by atoms with Gasteiger partial charge in [0.1, 0.15) is 0 Å². The number of nitrogens with two attached hydrogens (primary N) is 1. The van der Waals surface area contributed by atoms with Gasteiger partial charge in [-0.25, -0.2) is 4.98 Å². The van der Waals surface area contributed by atoms with Crippen LogP contribution < -0.4 is 11.3 Å². The van der Waals surface area contributed by atoms with E-state index in [4.69, 9.17) is 10.8 Å². The second kappa shape index (κ2) is 4.73. The van der Waals surface area contributed by atoms with Crippen LogP contribution in [0.2, 0.25) is 0 Å². The molecular weight excluding hydrogens is 262 g/mol. The molecule has 0 bridgehead atoms. The predicted octanol–water partition coefficient (Wildman–Crippen LogP) is -0.828. The Hall–Kier alpha value is -2.19. The van der Waals surface area contributed by atoms with Crippen LogP contribution in [0.15, 0.2) is 23.3 Å². The van der Waals surface area contributed by atoms with Gasteiger partial charge in [-0.05, 0) is 6.42 Å². The molecule has 0 amide bonds. The third-order valence-electron chi connectivity index (χ3n) is 3.62. The zero-order valence-electron chi connectivity index (χ0n) is 10.6. The van der Waals surface area contributed by atoms with Gasteiger partial charge in [-0.3, -0.25) is 9.36 Å². The van der Waals surface area contributed by atoms with Crippen LogP contribution in [0.5, 0.6) is 0 Å². The van der Waals surface area contributed by atoms with Crippen molar-refractivity contribution in [2.75, 3.05) is 12.3 Å². The fourth-order valence-corrected chi connectivity index (χ4v) is 2.51. The number of H-pyrrole nitrogens is 1. The van der Waals surface area contributed by atoms with Crippen molar-refractivity contribution < 1.29 is 10.2 Å². The highest BCUT2D eigenvalue weighted by molar-refractivity contribution is 5.69. The van der Waals surface area contributed by atoms with Crippen molar-refractivity contribution in [3.8, 4) is 0 Å². The number of nitrogen functional groups attached to an aromatic ring is 1. The van der Waals surface area contributed by atoms with E-state index in [-0.39, 0.29) is 41.2 Å². The number of hydrogen-bond acceptors (Lipinski definition) is 6. The van der Waals surface area contributed by atoms with Gasteiger partial charge in [0.15, 0.2) is 11.2 Å². The van der Waals surface area contributed by atoms with Crippen molar-refractivity contribution in [2.45, 2.75) is 18.6 Å². The number of aliphatic hydroxyl groups is 2. The molecular formula is C12H15N5O3. The molecule has 1 aliphatic rings. The zero-order chi connectivity index (χ0) is 14.3. The molecule has 2 heterocycles. The average molecular weight is 277 g/mol. The van der Waals surface area contributed by atoms with Gasteiger partial charge in [0, 0.05) is 5.92 Å². The molecule has 8 heteroatoms. The number of aromatic nitrogens is 4. The molecule has 0 fully saturated rings. The molecule has 0 aliphatic heterocycles. The van der Waals surface area contributed by atoms with E-state index in [2.05, 4.69) is 15.0 Å². The van der Waals surface area contributed by atoms with Gasteiger partial charge < -0.3 is 20.9 Å². The maximum absolute atomic E-state index is 12.4. The zero-order valence-corrected chi connectivity index (χ0v) is 10.6. The summed E-state index contributed by atoms with van der Waals surface area (Å²) in [5.41, 5.74) is 6.06. The lowest BCUT2D eigenvalue weighted by molar-refractivity contribution is 0.0696. The van der Waals surface area contributed by atoms with Crippen molar-refractivity contribution in [3.05, 3.63) is 28.8 Å². The molecule has 1 aliphatic carbocycles. The lowest BCUT2D eigenvalue weighted by Gasteiger charge is -2.28. The van der Waals surface area contributed by atoms with E-state index in [0.29, 0.717) is 6.42 Å². The summed E-state index contributed by atoms with van der Waals surface area (Å²) in [5, 5.41) is 19.1. The van der Waals surface area contributed by atoms with Gasteiger partial charge in [-0.2, -0.15) is 4.98 Å². The van der Waals surface area contributed by atoms with Crippen LogP contribution in [0.4, 0.5) is 5.95 Å². The van der Waals surface area contributed by atoms with Crippen molar-refractivity contribution in [3.63, 3.8) is 0 Å². The topological polar surface area (TPSA) is 130 Å². The lowest BCUT2D eigenvalue weighted by Crippen LogP contribution is -2.34. The van der Waals surface area contributed by atoms with E-state index in [1.165, 1.54) is 10.9 Å². The predicted molar refractivity (Wildman–Crippen MR) is 71.9 cm³/mol. The fourth-order valence-electron chi connectivity index (χ4n) is 2.51. The van der Waals surface area contributed by atoms with Crippen LogP contribution in [0, 0.1) is 5.92 Å². The molecule has 0 spiro atoms. The maximum Gasteiger partial charge on any atom is 0.281 e. The standard InChI is InChI=1S/C12H15N5O3/c13-12-16-10-9(14-5-15-10)11(20)17(12)7-2-1-6(4-18)8(19)3-7/h1-2,5-8,18-19H,3-4H2,(H2,13,16)(H,14,15). The minimum absolute atomic E-state index is 0.0545. The molecule has 8 nitrogen and oxygen atoms in total. The van der Waals surface area contributed by atoms with Crippen LogP contribution in [-0.2, 0) is 0 Å². The van der Waals surface area contributed by atoms with Crippen LogP contribution in [0.3, 0.4) is 0 Å². The number of imidazole rings is 1. The number of aliphatic hydroxyl groups excluding tert-OH is 2. The number of nitrogens with one attached hydrogen (secondary N) is 1. The first-order valence-electron chi connectivity index (χ1n) is 6.30. The summed E-state index contributed by atoms with van der Waals surface area (Å²) in [7, 11) is 0. The Kier molecular flexibility index (Phi) is 3.03. The first-order valence-corrected chi connectivity index (χ1v) is 6.30. The van der Waals surface area contributed by atoms with Crippen molar-refractivity contribution in [1.82, 2.24) is 19.5 Å². The summed E-state index contributed by atoms with van der Waals surface area (Å²) >= 11 is 0. The number of rotatable bonds is 2. The molecule has 0 radical (unpaired) electrons. The SMILES string of the molecule is Nc1nc2nc[nH]c2c(=O)n1C1C=CC(CO)C(O)C1. The molecule has 20 heavy (non-hydrogen) atoms. The number of allylic oxidation sites excluding steroid dienone is 1. The Bertz CT molecular complexity index is 719. The van der Waals surface area contributed by atoms with E-state index in [0.717, 1.165) is 0 Å². The lowest BCUT2D eigenvalue weighted by atomic mass is 9.90. The van der Waals surface area contributed by atoms with Crippen molar-refractivity contribution in [1.29, 1.82) is 0 Å². The van der Waals surface area contributed by atoms with E-state index < -0.39 is 6.10 Å². The summed E-state index contributed by atoms with van der Waals surface area (Å²) < 4.78 is 1.33. The minimum atomic E-state index is -0.723. The second-order valence-electron chi connectivity index (χ2n) is 4.85. The van der Waals surface area contributed by atoms with Crippen molar-refractivity contribution >= 4 is 17.1 Å². The Balaban J connectivity index is 2.09. The van der Waals surface area contributed by atoms with E-state index >= 15 is 0 Å². The molecule has 0 saturated carbocycles. The summed E-state index contributed by atoms with van der Waals surface area (Å²) in [4.78, 5) is 23.1. The normalized spacial score (nSPS) is 26.2. The Labute approximate surface area is 113 Å². The summed E-state index contributed by atoms with van der Waals surface area (Å²) in [5.74, 6) is -0.258. The number of hydrogen-bond donors (Lipinski definition) is 4. The van der Waals surface area contributed by atoms with Gasteiger partial charge in [0.25, 0.3) is 5.56 Å². The van der Waals surface area contributed by atoms with Crippen LogP contribution in [0.1, 0.15) is 12.5 Å². The highest BCUT2D eigenvalue weighted by Crippen LogP contribution is 2.27. The first kappa shape index (κ1) is 12.8. The third-order valence-corrected chi connectivity index (χ3v) is 3.62. The summed E-state index contributed by atoms with van der Waals surface area (Å²) in [6, 6.07) is -0.388. The molecule has 3 rings (SSSR count). The van der Waals surface area contributed by atoms with E-state index in [1.54, 1.807) is 12.2 Å². The molecule has 0 saturated heterocycles. The molecule has 3 atom stereocenters. The quantitative estimate of drug-likeness (QED) is 0.530. The smallest absolute Gasteiger partial charge is 0.281 e. The Morgan fingerprint density at radius 3 is 3.00 bits per heavy atom. The number of fused-ring (bicyclic) bond motifs is 1. The first-order chi connectivity index (χ1) is 9.61. The molecule has 3 unspecified atom stereocenters. The fraction of sp³-hybridized carbons (Fsp3) is 0.417. The Morgan fingerprint density at radius 1 is 1.50 bits per heavy atom. The highest BCUT2D eigenvalue weighted by Gasteiger charge is 2.27. The van der Waals surface area contributed by atoms with E-state index in [9.17, 15) is 9.90 Å².